The fourth-order valence-corrected chi connectivity index (χ4v) is 2.67. The molecule has 4 nitrogen and oxygen atoms in total. The van der Waals surface area contributed by atoms with Gasteiger partial charge in [0.1, 0.15) is 0 Å². The van der Waals surface area contributed by atoms with E-state index in [2.05, 4.69) is 17.2 Å². The molecule has 19 heavy (non-hydrogen) atoms. The lowest BCUT2D eigenvalue weighted by Crippen LogP contribution is -2.38. The van der Waals surface area contributed by atoms with Gasteiger partial charge in [0.2, 0.25) is 0 Å². The molecule has 104 valence electrons. The Kier molecular flexibility index (Phi) is 4.40. The Balaban J connectivity index is 2.27. The summed E-state index contributed by atoms with van der Waals surface area (Å²) < 4.78 is 0. The molecule has 1 saturated heterocycles. The van der Waals surface area contributed by atoms with E-state index in [1.807, 2.05) is 24.9 Å². The van der Waals surface area contributed by atoms with Crippen LogP contribution in [0.1, 0.15) is 48.7 Å². The molecule has 4 heteroatoms. The molecule has 1 fully saturated rings. The van der Waals surface area contributed by atoms with Crippen LogP contribution in [0.2, 0.25) is 0 Å². The molecule has 0 aliphatic carbocycles. The SMILES string of the molecule is CNc1cc(C)ncc1C(=O)N1CCCCCC1C. The zero-order valence-corrected chi connectivity index (χ0v) is 12.1. The third-order valence-electron chi connectivity index (χ3n) is 3.85. The molecule has 1 atom stereocenters. The number of likely N-dealkylation sites (tertiary alicyclic amines) is 1. The van der Waals surface area contributed by atoms with Crippen LogP contribution in [-0.4, -0.2) is 35.4 Å². The predicted octanol–water partition coefficient (Wildman–Crippen LogP) is 2.84. The fourth-order valence-electron chi connectivity index (χ4n) is 2.67. The first kappa shape index (κ1) is 13.8. The van der Waals surface area contributed by atoms with Gasteiger partial charge in [0.25, 0.3) is 5.91 Å². The second kappa shape index (κ2) is 6.04. The Morgan fingerprint density at radius 2 is 2.21 bits per heavy atom. The summed E-state index contributed by atoms with van der Waals surface area (Å²) >= 11 is 0. The Hall–Kier alpha value is -1.58. The number of carbonyl (C=O) groups excluding carboxylic acids is 1. The van der Waals surface area contributed by atoms with Crippen LogP contribution in [0.5, 0.6) is 0 Å². The highest BCUT2D eigenvalue weighted by molar-refractivity contribution is 5.99. The Bertz CT molecular complexity index is 459. The van der Waals surface area contributed by atoms with Gasteiger partial charge in [-0.3, -0.25) is 9.78 Å². The number of hydrogen-bond acceptors (Lipinski definition) is 3. The van der Waals surface area contributed by atoms with Gasteiger partial charge in [-0.15, -0.1) is 0 Å². The molecule has 1 aromatic heterocycles. The number of aryl methyl sites for hydroxylation is 1. The average molecular weight is 261 g/mol. The maximum atomic E-state index is 12.7. The molecule has 1 amide bonds. The van der Waals surface area contributed by atoms with Gasteiger partial charge in [-0.1, -0.05) is 12.8 Å². The van der Waals surface area contributed by atoms with Crippen molar-refractivity contribution in [3.05, 3.63) is 23.5 Å². The van der Waals surface area contributed by atoms with Gasteiger partial charge in [0, 0.05) is 31.5 Å². The number of anilines is 1. The van der Waals surface area contributed by atoms with Gasteiger partial charge in [-0.25, -0.2) is 0 Å². The third-order valence-corrected chi connectivity index (χ3v) is 3.85. The molecule has 0 radical (unpaired) electrons. The van der Waals surface area contributed by atoms with Crippen LogP contribution in [0, 0.1) is 6.92 Å². The van der Waals surface area contributed by atoms with E-state index in [1.165, 1.54) is 12.8 Å². The van der Waals surface area contributed by atoms with Crippen molar-refractivity contribution in [3.8, 4) is 0 Å². The van der Waals surface area contributed by atoms with E-state index < -0.39 is 0 Å². The quantitative estimate of drug-likeness (QED) is 0.890. The summed E-state index contributed by atoms with van der Waals surface area (Å²) in [6, 6.07) is 2.25. The number of nitrogens with zero attached hydrogens (tertiary/aromatic N) is 2. The van der Waals surface area contributed by atoms with Crippen LogP contribution in [-0.2, 0) is 0 Å². The minimum atomic E-state index is 0.103. The monoisotopic (exact) mass is 261 g/mol. The topological polar surface area (TPSA) is 45.2 Å². The molecular weight excluding hydrogens is 238 g/mol. The Labute approximate surface area is 115 Å². The molecule has 1 aliphatic heterocycles. The zero-order chi connectivity index (χ0) is 13.8. The summed E-state index contributed by atoms with van der Waals surface area (Å²) in [5.41, 5.74) is 2.47. The highest BCUT2D eigenvalue weighted by Crippen LogP contribution is 2.22. The molecule has 0 bridgehead atoms. The molecule has 1 aliphatic rings. The first-order valence-corrected chi connectivity index (χ1v) is 7.09. The normalized spacial score (nSPS) is 19.9. The highest BCUT2D eigenvalue weighted by Gasteiger charge is 2.24. The predicted molar refractivity (Wildman–Crippen MR) is 77.5 cm³/mol. The summed E-state index contributed by atoms with van der Waals surface area (Å²) in [7, 11) is 1.84. The van der Waals surface area contributed by atoms with Gasteiger partial charge in [-0.2, -0.15) is 0 Å². The first-order chi connectivity index (χ1) is 9.13. The number of nitrogens with one attached hydrogen (secondary N) is 1. The van der Waals surface area contributed by atoms with Gasteiger partial charge in [0.15, 0.2) is 0 Å². The van der Waals surface area contributed by atoms with E-state index in [4.69, 9.17) is 0 Å². The molecule has 1 unspecified atom stereocenters. The second-order valence-electron chi connectivity index (χ2n) is 5.32. The molecule has 2 rings (SSSR count). The van der Waals surface area contributed by atoms with E-state index in [1.54, 1.807) is 6.20 Å². The van der Waals surface area contributed by atoms with Crippen molar-refractivity contribution in [1.82, 2.24) is 9.88 Å². The van der Waals surface area contributed by atoms with E-state index in [0.717, 1.165) is 30.8 Å². The van der Waals surface area contributed by atoms with Crippen LogP contribution in [0.25, 0.3) is 0 Å². The lowest BCUT2D eigenvalue weighted by molar-refractivity contribution is 0.0698. The molecular formula is C15H23N3O. The molecule has 0 aromatic carbocycles. The number of carbonyl (C=O) groups is 1. The standard InChI is InChI=1S/C15H23N3O/c1-11-9-14(16-3)13(10-17-11)15(19)18-8-6-4-5-7-12(18)2/h9-10,12H,4-8H2,1-3H3,(H,16,17). The van der Waals surface area contributed by atoms with Crippen LogP contribution in [0.3, 0.4) is 0 Å². The number of pyridine rings is 1. The van der Waals surface area contributed by atoms with Crippen molar-refractivity contribution >= 4 is 11.6 Å². The van der Waals surface area contributed by atoms with Crippen molar-refractivity contribution < 1.29 is 4.79 Å². The molecule has 0 spiro atoms. The number of hydrogen-bond donors (Lipinski definition) is 1. The Morgan fingerprint density at radius 3 is 2.95 bits per heavy atom. The highest BCUT2D eigenvalue weighted by atomic mass is 16.2. The van der Waals surface area contributed by atoms with E-state index in [0.29, 0.717) is 11.6 Å². The summed E-state index contributed by atoms with van der Waals surface area (Å²) in [5, 5.41) is 3.10. The minimum Gasteiger partial charge on any atom is -0.387 e. The largest absolute Gasteiger partial charge is 0.387 e. The lowest BCUT2D eigenvalue weighted by Gasteiger charge is -2.28. The maximum Gasteiger partial charge on any atom is 0.257 e. The molecule has 0 saturated carbocycles. The van der Waals surface area contributed by atoms with Crippen molar-refractivity contribution in [2.75, 3.05) is 18.9 Å². The van der Waals surface area contributed by atoms with Crippen LogP contribution in [0.15, 0.2) is 12.3 Å². The molecule has 1 N–H and O–H groups in total. The minimum absolute atomic E-state index is 0.103. The summed E-state index contributed by atoms with van der Waals surface area (Å²) in [6.07, 6.45) is 6.33. The number of amides is 1. The second-order valence-corrected chi connectivity index (χ2v) is 5.32. The maximum absolute atomic E-state index is 12.7. The third kappa shape index (κ3) is 3.06. The van der Waals surface area contributed by atoms with Crippen LogP contribution in [0.4, 0.5) is 5.69 Å². The van der Waals surface area contributed by atoms with Gasteiger partial charge < -0.3 is 10.2 Å². The van der Waals surface area contributed by atoms with Crippen molar-refractivity contribution in [3.63, 3.8) is 0 Å². The number of aromatic nitrogens is 1. The summed E-state index contributed by atoms with van der Waals surface area (Å²) in [6.45, 7) is 4.94. The van der Waals surface area contributed by atoms with E-state index in [-0.39, 0.29) is 5.91 Å². The van der Waals surface area contributed by atoms with Gasteiger partial charge in [0.05, 0.1) is 11.3 Å². The smallest absolute Gasteiger partial charge is 0.257 e. The average Bonchev–Trinajstić information content (AvgIpc) is 2.62. The van der Waals surface area contributed by atoms with Crippen LogP contribution < -0.4 is 5.32 Å². The van der Waals surface area contributed by atoms with Crippen molar-refractivity contribution in [2.24, 2.45) is 0 Å². The van der Waals surface area contributed by atoms with Crippen molar-refractivity contribution in [1.29, 1.82) is 0 Å². The fraction of sp³-hybridized carbons (Fsp3) is 0.600. The molecule has 1 aromatic rings. The summed E-state index contributed by atoms with van der Waals surface area (Å²) in [5.74, 6) is 0.103. The van der Waals surface area contributed by atoms with Crippen LogP contribution >= 0.6 is 0 Å². The van der Waals surface area contributed by atoms with Crippen molar-refractivity contribution in [2.45, 2.75) is 45.6 Å². The van der Waals surface area contributed by atoms with E-state index in [9.17, 15) is 4.79 Å². The Morgan fingerprint density at radius 1 is 1.42 bits per heavy atom. The zero-order valence-electron chi connectivity index (χ0n) is 12.1. The summed E-state index contributed by atoms with van der Waals surface area (Å²) in [4.78, 5) is 19.0. The first-order valence-electron chi connectivity index (χ1n) is 7.09. The molecule has 2 heterocycles. The van der Waals surface area contributed by atoms with Gasteiger partial charge >= 0.3 is 0 Å². The number of rotatable bonds is 2. The lowest BCUT2D eigenvalue weighted by atomic mass is 10.1. The van der Waals surface area contributed by atoms with Gasteiger partial charge in [-0.05, 0) is 32.8 Å². The van der Waals surface area contributed by atoms with E-state index >= 15 is 0 Å².